The molecule has 0 saturated carbocycles. The standard InChI is InChI=1S/C10H12ClFN2O.ClH/c1-6(5-13)10(15)14-9-3-2-7(11)4-8(9)12;/h2-4,6H,5,13H2,1H3,(H,14,15);1H. The Morgan fingerprint density at radius 1 is 1.62 bits per heavy atom. The van der Waals surface area contributed by atoms with E-state index in [0.717, 1.165) is 6.07 Å². The van der Waals surface area contributed by atoms with Crippen molar-refractivity contribution in [3.8, 4) is 0 Å². The number of nitrogens with two attached hydrogens (primary N) is 1. The van der Waals surface area contributed by atoms with E-state index in [2.05, 4.69) is 5.32 Å². The highest BCUT2D eigenvalue weighted by atomic mass is 35.5. The summed E-state index contributed by atoms with van der Waals surface area (Å²) in [6, 6.07) is 4.07. The van der Waals surface area contributed by atoms with Gasteiger partial charge in [-0.3, -0.25) is 4.79 Å². The van der Waals surface area contributed by atoms with Crippen LogP contribution in [0.2, 0.25) is 5.02 Å². The molecule has 6 heteroatoms. The number of anilines is 1. The summed E-state index contributed by atoms with van der Waals surface area (Å²) in [6.07, 6.45) is 0. The molecule has 0 heterocycles. The van der Waals surface area contributed by atoms with Gasteiger partial charge in [-0.05, 0) is 18.2 Å². The maximum absolute atomic E-state index is 13.2. The van der Waals surface area contributed by atoms with Gasteiger partial charge >= 0.3 is 0 Å². The molecule has 0 spiro atoms. The number of hydrogen-bond acceptors (Lipinski definition) is 2. The Bertz CT molecular complexity index is 374. The summed E-state index contributed by atoms with van der Waals surface area (Å²) in [7, 11) is 0. The van der Waals surface area contributed by atoms with Crippen LogP contribution in [0, 0.1) is 11.7 Å². The van der Waals surface area contributed by atoms with E-state index in [-0.39, 0.29) is 41.5 Å². The van der Waals surface area contributed by atoms with Crippen LogP contribution in [0.1, 0.15) is 6.92 Å². The van der Waals surface area contributed by atoms with Gasteiger partial charge in [0, 0.05) is 17.5 Å². The number of amides is 1. The Hall–Kier alpha value is -0.840. The van der Waals surface area contributed by atoms with Crippen LogP contribution in [0.5, 0.6) is 0 Å². The first-order valence-electron chi connectivity index (χ1n) is 4.50. The predicted octanol–water partition coefficient (Wildman–Crippen LogP) is 2.43. The molecular formula is C10H13Cl2FN2O. The molecule has 1 amide bonds. The average molecular weight is 267 g/mol. The van der Waals surface area contributed by atoms with Gasteiger partial charge in [0.2, 0.25) is 5.91 Å². The van der Waals surface area contributed by atoms with Gasteiger partial charge in [0.1, 0.15) is 5.82 Å². The lowest BCUT2D eigenvalue weighted by Gasteiger charge is -2.10. The zero-order valence-electron chi connectivity index (χ0n) is 8.67. The van der Waals surface area contributed by atoms with Crippen molar-refractivity contribution in [2.45, 2.75) is 6.92 Å². The Balaban J connectivity index is 0.00000225. The lowest BCUT2D eigenvalue weighted by molar-refractivity contribution is -0.119. The van der Waals surface area contributed by atoms with Gasteiger partial charge < -0.3 is 11.1 Å². The molecule has 3 nitrogen and oxygen atoms in total. The van der Waals surface area contributed by atoms with Crippen LogP contribution in [0.15, 0.2) is 18.2 Å². The van der Waals surface area contributed by atoms with E-state index in [1.54, 1.807) is 6.92 Å². The van der Waals surface area contributed by atoms with Crippen molar-refractivity contribution < 1.29 is 9.18 Å². The Kier molecular flexibility index (Phi) is 6.33. The van der Waals surface area contributed by atoms with Crippen LogP contribution in [-0.4, -0.2) is 12.5 Å². The van der Waals surface area contributed by atoms with Crippen molar-refractivity contribution >= 4 is 35.6 Å². The second-order valence-corrected chi connectivity index (χ2v) is 3.69. The van der Waals surface area contributed by atoms with Gasteiger partial charge in [-0.1, -0.05) is 18.5 Å². The van der Waals surface area contributed by atoms with Gasteiger partial charge in [-0.2, -0.15) is 0 Å². The number of benzene rings is 1. The number of rotatable bonds is 3. The maximum atomic E-state index is 13.2. The summed E-state index contributed by atoms with van der Waals surface area (Å²) in [4.78, 5) is 11.4. The van der Waals surface area contributed by atoms with E-state index in [4.69, 9.17) is 17.3 Å². The molecule has 0 aromatic heterocycles. The van der Waals surface area contributed by atoms with E-state index >= 15 is 0 Å². The van der Waals surface area contributed by atoms with Crippen LogP contribution in [0.3, 0.4) is 0 Å². The molecule has 0 aliphatic rings. The molecule has 1 aromatic rings. The van der Waals surface area contributed by atoms with Crippen molar-refractivity contribution in [1.29, 1.82) is 0 Å². The minimum atomic E-state index is -0.555. The van der Waals surface area contributed by atoms with Crippen molar-refractivity contribution in [2.75, 3.05) is 11.9 Å². The van der Waals surface area contributed by atoms with E-state index in [1.165, 1.54) is 12.1 Å². The molecule has 16 heavy (non-hydrogen) atoms. The van der Waals surface area contributed by atoms with Crippen LogP contribution in [0.25, 0.3) is 0 Å². The number of carbonyl (C=O) groups excluding carboxylic acids is 1. The van der Waals surface area contributed by atoms with E-state index < -0.39 is 5.82 Å². The fourth-order valence-corrected chi connectivity index (χ4v) is 1.11. The molecule has 0 aliphatic heterocycles. The third-order valence-corrected chi connectivity index (χ3v) is 2.23. The fourth-order valence-electron chi connectivity index (χ4n) is 0.954. The predicted molar refractivity (Wildman–Crippen MR) is 65.5 cm³/mol. The zero-order valence-corrected chi connectivity index (χ0v) is 10.2. The van der Waals surface area contributed by atoms with Crippen molar-refractivity contribution in [3.63, 3.8) is 0 Å². The molecule has 1 rings (SSSR count). The molecule has 0 fully saturated rings. The molecular weight excluding hydrogens is 254 g/mol. The summed E-state index contributed by atoms with van der Waals surface area (Å²) >= 11 is 5.57. The quantitative estimate of drug-likeness (QED) is 0.883. The van der Waals surface area contributed by atoms with Crippen molar-refractivity contribution in [1.82, 2.24) is 0 Å². The third kappa shape index (κ3) is 3.96. The topological polar surface area (TPSA) is 55.1 Å². The summed E-state index contributed by atoms with van der Waals surface area (Å²) in [5, 5.41) is 2.72. The number of hydrogen-bond donors (Lipinski definition) is 2. The summed E-state index contributed by atoms with van der Waals surface area (Å²) in [5.74, 6) is -1.21. The minimum absolute atomic E-state index is 0. The Labute approximate surface area is 105 Å². The van der Waals surface area contributed by atoms with Gasteiger partial charge in [0.25, 0.3) is 0 Å². The third-order valence-electron chi connectivity index (χ3n) is 1.99. The van der Waals surface area contributed by atoms with Crippen molar-refractivity contribution in [3.05, 3.63) is 29.0 Å². The van der Waals surface area contributed by atoms with Crippen LogP contribution < -0.4 is 11.1 Å². The normalized spacial score (nSPS) is 11.5. The molecule has 1 unspecified atom stereocenters. The van der Waals surface area contributed by atoms with E-state index in [9.17, 15) is 9.18 Å². The Morgan fingerprint density at radius 2 is 2.25 bits per heavy atom. The van der Waals surface area contributed by atoms with Gasteiger partial charge in [0.05, 0.1) is 5.69 Å². The van der Waals surface area contributed by atoms with Crippen LogP contribution in [0.4, 0.5) is 10.1 Å². The molecule has 1 atom stereocenters. The first kappa shape index (κ1) is 15.2. The van der Waals surface area contributed by atoms with Gasteiger partial charge in [-0.25, -0.2) is 4.39 Å². The molecule has 1 aromatic carbocycles. The lowest BCUT2D eigenvalue weighted by Crippen LogP contribution is -2.27. The SMILES string of the molecule is CC(CN)C(=O)Nc1ccc(Cl)cc1F.Cl. The molecule has 0 radical (unpaired) electrons. The van der Waals surface area contributed by atoms with Crippen LogP contribution in [-0.2, 0) is 4.79 Å². The van der Waals surface area contributed by atoms with E-state index in [0.29, 0.717) is 0 Å². The minimum Gasteiger partial charge on any atom is -0.330 e. The van der Waals surface area contributed by atoms with Crippen LogP contribution >= 0.6 is 24.0 Å². The average Bonchev–Trinajstić information content (AvgIpc) is 2.20. The summed E-state index contributed by atoms with van der Waals surface area (Å²) in [6.45, 7) is 1.89. The van der Waals surface area contributed by atoms with Crippen molar-refractivity contribution in [2.24, 2.45) is 11.7 Å². The molecule has 90 valence electrons. The number of halogens is 3. The molecule has 0 bridgehead atoms. The highest BCUT2D eigenvalue weighted by Gasteiger charge is 2.12. The highest BCUT2D eigenvalue weighted by molar-refractivity contribution is 6.30. The van der Waals surface area contributed by atoms with E-state index in [1.807, 2.05) is 0 Å². The second-order valence-electron chi connectivity index (χ2n) is 3.25. The monoisotopic (exact) mass is 266 g/mol. The first-order valence-corrected chi connectivity index (χ1v) is 4.88. The second kappa shape index (κ2) is 6.68. The van der Waals surface area contributed by atoms with Gasteiger partial charge in [0.15, 0.2) is 0 Å². The number of carbonyl (C=O) groups is 1. The highest BCUT2D eigenvalue weighted by Crippen LogP contribution is 2.19. The maximum Gasteiger partial charge on any atom is 0.228 e. The molecule has 3 N–H and O–H groups in total. The fraction of sp³-hybridized carbons (Fsp3) is 0.300. The Morgan fingerprint density at radius 3 is 2.75 bits per heavy atom. The smallest absolute Gasteiger partial charge is 0.228 e. The first-order chi connectivity index (χ1) is 7.04. The molecule has 0 aliphatic carbocycles. The summed E-state index contributed by atoms with van der Waals surface area (Å²) in [5.41, 5.74) is 5.43. The number of nitrogens with one attached hydrogen (secondary N) is 1. The zero-order chi connectivity index (χ0) is 11.4. The largest absolute Gasteiger partial charge is 0.330 e. The van der Waals surface area contributed by atoms with Gasteiger partial charge in [-0.15, -0.1) is 12.4 Å². The lowest BCUT2D eigenvalue weighted by atomic mass is 10.1. The summed E-state index contributed by atoms with van der Waals surface area (Å²) < 4.78 is 13.2. The molecule has 0 saturated heterocycles.